The van der Waals surface area contributed by atoms with E-state index in [-0.39, 0.29) is 11.3 Å². The number of hydrogen-bond acceptors (Lipinski definition) is 7. The second-order valence-corrected chi connectivity index (χ2v) is 9.59. The van der Waals surface area contributed by atoms with Crippen LogP contribution in [0, 0.1) is 0 Å². The first-order valence-corrected chi connectivity index (χ1v) is 13.6. The molecule has 2 aromatic rings. The molecule has 2 fully saturated rings. The van der Waals surface area contributed by atoms with Crippen molar-refractivity contribution in [1.82, 2.24) is 9.80 Å². The predicted octanol–water partition coefficient (Wildman–Crippen LogP) is 4.41. The van der Waals surface area contributed by atoms with Gasteiger partial charge in [0.25, 0.3) is 11.7 Å². The lowest BCUT2D eigenvalue weighted by molar-refractivity contribution is -0.140. The molecule has 1 atom stereocenters. The van der Waals surface area contributed by atoms with E-state index in [0.717, 1.165) is 43.7 Å². The normalized spacial score (nSPS) is 19.6. The van der Waals surface area contributed by atoms with Gasteiger partial charge in [0, 0.05) is 31.7 Å². The molecule has 2 heterocycles. The van der Waals surface area contributed by atoms with E-state index in [1.807, 2.05) is 31.2 Å². The van der Waals surface area contributed by atoms with Crippen molar-refractivity contribution in [3.63, 3.8) is 0 Å². The lowest BCUT2D eigenvalue weighted by atomic mass is 9.95. The van der Waals surface area contributed by atoms with Gasteiger partial charge in [0.1, 0.15) is 17.3 Å². The van der Waals surface area contributed by atoms with Crippen LogP contribution in [-0.4, -0.2) is 79.2 Å². The van der Waals surface area contributed by atoms with E-state index in [1.165, 1.54) is 0 Å². The fourth-order valence-corrected chi connectivity index (χ4v) is 4.70. The first-order chi connectivity index (χ1) is 18.5. The Morgan fingerprint density at radius 2 is 1.53 bits per heavy atom. The van der Waals surface area contributed by atoms with Crippen LogP contribution in [0.2, 0.25) is 0 Å². The average molecular weight is 523 g/mol. The highest BCUT2D eigenvalue weighted by Gasteiger charge is 2.46. The van der Waals surface area contributed by atoms with Crippen molar-refractivity contribution >= 4 is 17.4 Å². The molecule has 0 bridgehead atoms. The fourth-order valence-electron chi connectivity index (χ4n) is 4.70. The Morgan fingerprint density at radius 3 is 2.16 bits per heavy atom. The Labute approximate surface area is 224 Å². The van der Waals surface area contributed by atoms with E-state index in [9.17, 15) is 14.7 Å². The highest BCUT2D eigenvalue weighted by Crippen LogP contribution is 2.40. The third-order valence-electron chi connectivity index (χ3n) is 6.86. The number of aliphatic hydroxyl groups excluding tert-OH is 1. The number of ether oxygens (including phenoxy) is 3. The molecule has 2 saturated heterocycles. The minimum Gasteiger partial charge on any atom is -0.507 e. The molecule has 0 aromatic heterocycles. The number of aliphatic hydroxyl groups is 1. The molecule has 1 amide bonds. The summed E-state index contributed by atoms with van der Waals surface area (Å²) in [6, 6.07) is 13.7. The van der Waals surface area contributed by atoms with Crippen LogP contribution in [0.15, 0.2) is 54.1 Å². The minimum atomic E-state index is -0.697. The van der Waals surface area contributed by atoms with Crippen molar-refractivity contribution in [1.29, 1.82) is 0 Å². The lowest BCUT2D eigenvalue weighted by Gasteiger charge is -2.31. The summed E-state index contributed by atoms with van der Waals surface area (Å²) >= 11 is 0. The van der Waals surface area contributed by atoms with Gasteiger partial charge in [-0.3, -0.25) is 14.5 Å². The van der Waals surface area contributed by atoms with Crippen LogP contribution >= 0.6 is 0 Å². The van der Waals surface area contributed by atoms with Crippen LogP contribution in [0.25, 0.3) is 5.76 Å². The number of nitrogens with zero attached hydrogens (tertiary/aromatic N) is 2. The third kappa shape index (κ3) is 6.55. The summed E-state index contributed by atoms with van der Waals surface area (Å²) in [6.45, 7) is 9.22. The minimum absolute atomic E-state index is 0.0962. The first kappa shape index (κ1) is 27.7. The van der Waals surface area contributed by atoms with Gasteiger partial charge < -0.3 is 24.2 Å². The van der Waals surface area contributed by atoms with E-state index < -0.39 is 17.7 Å². The second kappa shape index (κ2) is 13.4. The molecule has 2 aromatic carbocycles. The van der Waals surface area contributed by atoms with Gasteiger partial charge in [-0.25, -0.2) is 0 Å². The molecule has 0 saturated carbocycles. The van der Waals surface area contributed by atoms with Gasteiger partial charge >= 0.3 is 0 Å². The van der Waals surface area contributed by atoms with Crippen molar-refractivity contribution in [3.05, 3.63) is 65.2 Å². The molecule has 2 aliphatic heterocycles. The molecule has 8 nitrogen and oxygen atoms in total. The number of carbonyl (C=O) groups excluding carboxylic acids is 2. The molecule has 0 radical (unpaired) electrons. The number of carbonyl (C=O) groups is 2. The van der Waals surface area contributed by atoms with Crippen molar-refractivity contribution in [3.8, 4) is 11.5 Å². The smallest absolute Gasteiger partial charge is 0.295 e. The highest BCUT2D eigenvalue weighted by atomic mass is 16.5. The Hall–Kier alpha value is -3.36. The van der Waals surface area contributed by atoms with Gasteiger partial charge in [0.2, 0.25) is 0 Å². The standard InChI is InChI=1S/C30H38N2O6/c1-3-5-19-38-25-10-6-22(7-11-25)27-26(28(33)23-8-12-24(13-9-23)37-18-4-2)29(34)30(35)32(27)15-14-31-16-20-36-21-17-31/h6-13,27,33H,3-5,14-21H2,1-2H3/b28-26+. The number of amides is 1. The Kier molecular flexibility index (Phi) is 9.79. The summed E-state index contributed by atoms with van der Waals surface area (Å²) < 4.78 is 16.9. The molecular weight excluding hydrogens is 484 g/mol. The number of likely N-dealkylation sites (tertiary alicyclic amines) is 1. The number of unbranched alkanes of at least 4 members (excludes halogenated alkanes) is 1. The molecule has 1 unspecified atom stereocenters. The van der Waals surface area contributed by atoms with Crippen LogP contribution < -0.4 is 9.47 Å². The van der Waals surface area contributed by atoms with Crippen molar-refractivity contribution in [2.24, 2.45) is 0 Å². The summed E-state index contributed by atoms with van der Waals surface area (Å²) in [5.74, 6) is -0.0488. The summed E-state index contributed by atoms with van der Waals surface area (Å²) in [5.41, 5.74) is 1.31. The molecular formula is C30H38N2O6. The number of benzene rings is 2. The van der Waals surface area contributed by atoms with Gasteiger partial charge in [0.05, 0.1) is 38.0 Å². The molecule has 1 N–H and O–H groups in total. The monoisotopic (exact) mass is 522 g/mol. The summed E-state index contributed by atoms with van der Waals surface area (Å²) in [7, 11) is 0. The number of hydrogen-bond donors (Lipinski definition) is 1. The maximum Gasteiger partial charge on any atom is 0.295 e. The topological polar surface area (TPSA) is 88.5 Å². The summed E-state index contributed by atoms with van der Waals surface area (Å²) in [6.07, 6.45) is 2.89. The maximum absolute atomic E-state index is 13.3. The van der Waals surface area contributed by atoms with Crippen LogP contribution in [0.4, 0.5) is 0 Å². The van der Waals surface area contributed by atoms with Gasteiger partial charge in [-0.2, -0.15) is 0 Å². The molecule has 204 valence electrons. The fraction of sp³-hybridized carbons (Fsp3) is 0.467. The van der Waals surface area contributed by atoms with Gasteiger partial charge in [0.15, 0.2) is 0 Å². The van der Waals surface area contributed by atoms with Crippen LogP contribution in [0.1, 0.15) is 50.3 Å². The quantitative estimate of drug-likeness (QED) is 0.191. The molecule has 2 aliphatic rings. The van der Waals surface area contributed by atoms with Crippen molar-refractivity contribution in [2.45, 2.75) is 39.2 Å². The van der Waals surface area contributed by atoms with Gasteiger partial charge in [-0.1, -0.05) is 32.4 Å². The van der Waals surface area contributed by atoms with Crippen LogP contribution in [0.3, 0.4) is 0 Å². The third-order valence-corrected chi connectivity index (χ3v) is 6.86. The molecule has 0 aliphatic carbocycles. The zero-order valence-electron chi connectivity index (χ0n) is 22.4. The van der Waals surface area contributed by atoms with E-state index in [4.69, 9.17) is 14.2 Å². The van der Waals surface area contributed by atoms with Crippen molar-refractivity contribution in [2.75, 3.05) is 52.6 Å². The first-order valence-electron chi connectivity index (χ1n) is 13.6. The molecule has 38 heavy (non-hydrogen) atoms. The van der Waals surface area contributed by atoms with E-state index in [1.54, 1.807) is 29.2 Å². The van der Waals surface area contributed by atoms with Gasteiger partial charge in [-0.15, -0.1) is 0 Å². The summed E-state index contributed by atoms with van der Waals surface area (Å²) in [5, 5.41) is 11.3. The number of Topliss-reactive ketones (excluding diaryl/α,β-unsaturated/α-hetero) is 1. The number of ketones is 1. The summed E-state index contributed by atoms with van der Waals surface area (Å²) in [4.78, 5) is 30.4. The molecule has 0 spiro atoms. The Bertz CT molecular complexity index is 1110. The van der Waals surface area contributed by atoms with E-state index >= 15 is 0 Å². The van der Waals surface area contributed by atoms with Crippen LogP contribution in [-0.2, 0) is 14.3 Å². The lowest BCUT2D eigenvalue weighted by Crippen LogP contribution is -2.42. The van der Waals surface area contributed by atoms with E-state index in [2.05, 4.69) is 11.8 Å². The average Bonchev–Trinajstić information content (AvgIpc) is 3.21. The number of morpholine rings is 1. The molecule has 4 rings (SSSR count). The largest absolute Gasteiger partial charge is 0.507 e. The van der Waals surface area contributed by atoms with Crippen LogP contribution in [0.5, 0.6) is 11.5 Å². The van der Waals surface area contributed by atoms with Crippen molar-refractivity contribution < 1.29 is 28.9 Å². The highest BCUT2D eigenvalue weighted by molar-refractivity contribution is 6.46. The second-order valence-electron chi connectivity index (χ2n) is 9.59. The predicted molar refractivity (Wildman–Crippen MR) is 145 cm³/mol. The Balaban J connectivity index is 1.65. The number of rotatable bonds is 12. The zero-order chi connectivity index (χ0) is 26.9. The maximum atomic E-state index is 13.3. The van der Waals surface area contributed by atoms with E-state index in [0.29, 0.717) is 50.8 Å². The Morgan fingerprint density at radius 1 is 0.895 bits per heavy atom. The molecule has 8 heteroatoms. The SMILES string of the molecule is CCCCOc1ccc(C2/C(=C(\O)c3ccc(OCCC)cc3)C(=O)C(=O)N2CCN2CCOCC2)cc1. The van der Waals surface area contributed by atoms with Gasteiger partial charge in [-0.05, 0) is 54.8 Å². The zero-order valence-corrected chi connectivity index (χ0v) is 22.4.